The van der Waals surface area contributed by atoms with Gasteiger partial charge in [0, 0.05) is 6.04 Å². The minimum absolute atomic E-state index is 0.709. The van der Waals surface area contributed by atoms with Crippen LogP contribution in [0.1, 0.15) is 33.1 Å². The zero-order chi connectivity index (χ0) is 9.14. The van der Waals surface area contributed by atoms with E-state index in [9.17, 15) is 0 Å². The molecule has 0 heterocycles. The molecule has 1 heteroatoms. The molecule has 1 aliphatic carbocycles. The van der Waals surface area contributed by atoms with Gasteiger partial charge >= 0.3 is 0 Å². The summed E-state index contributed by atoms with van der Waals surface area (Å²) in [7, 11) is 2.07. The van der Waals surface area contributed by atoms with Crippen LogP contribution in [-0.2, 0) is 0 Å². The zero-order valence-corrected chi connectivity index (χ0v) is 8.56. The molecule has 3 atom stereocenters. The first kappa shape index (κ1) is 9.79. The van der Waals surface area contributed by atoms with Crippen molar-refractivity contribution < 1.29 is 0 Å². The third-order valence-electron chi connectivity index (χ3n) is 3.26. The molecule has 0 radical (unpaired) electrons. The van der Waals surface area contributed by atoms with Crippen molar-refractivity contribution in [1.82, 2.24) is 5.32 Å². The van der Waals surface area contributed by atoms with E-state index in [1.54, 1.807) is 0 Å². The lowest BCUT2D eigenvalue weighted by Gasteiger charge is -2.34. The van der Waals surface area contributed by atoms with Crippen LogP contribution in [0.25, 0.3) is 0 Å². The van der Waals surface area contributed by atoms with E-state index in [-0.39, 0.29) is 0 Å². The lowest BCUT2D eigenvalue weighted by molar-refractivity contribution is 0.248. The number of hydrogen-bond acceptors (Lipinski definition) is 1. The molecule has 1 rings (SSSR count). The molecule has 0 aromatic rings. The molecular weight excluding hydrogens is 146 g/mol. The van der Waals surface area contributed by atoms with Gasteiger partial charge in [-0.05, 0) is 45.1 Å². The Labute approximate surface area is 76.2 Å². The molecule has 1 fully saturated rings. The highest BCUT2D eigenvalue weighted by atomic mass is 14.9. The summed E-state index contributed by atoms with van der Waals surface area (Å²) < 4.78 is 0. The smallest absolute Gasteiger partial charge is 0.00953 e. The van der Waals surface area contributed by atoms with E-state index in [0.717, 1.165) is 11.8 Å². The lowest BCUT2D eigenvalue weighted by atomic mass is 9.77. The minimum Gasteiger partial charge on any atom is -0.317 e. The number of hydrogen-bond donors (Lipinski definition) is 1. The molecule has 0 bridgehead atoms. The Hall–Kier alpha value is -0.300. The molecule has 1 nitrogen and oxygen atoms in total. The number of allylic oxidation sites excluding steroid dienone is 1. The van der Waals surface area contributed by atoms with Gasteiger partial charge in [-0.25, -0.2) is 0 Å². The average Bonchev–Trinajstić information content (AvgIpc) is 2.05. The fraction of sp³-hybridized carbons (Fsp3) is 0.818. The zero-order valence-electron chi connectivity index (χ0n) is 8.56. The van der Waals surface area contributed by atoms with Gasteiger partial charge in [-0.1, -0.05) is 19.1 Å². The van der Waals surface area contributed by atoms with Crippen LogP contribution in [0.15, 0.2) is 12.2 Å². The Balaban J connectivity index is 2.49. The first-order valence-corrected chi connectivity index (χ1v) is 4.97. The van der Waals surface area contributed by atoms with Crippen LogP contribution < -0.4 is 5.32 Å². The van der Waals surface area contributed by atoms with Crippen molar-refractivity contribution >= 4 is 0 Å². The molecule has 0 saturated heterocycles. The molecule has 1 saturated carbocycles. The molecule has 0 amide bonds. The highest BCUT2D eigenvalue weighted by Gasteiger charge is 2.26. The van der Waals surface area contributed by atoms with E-state index in [4.69, 9.17) is 0 Å². The molecule has 1 aliphatic rings. The van der Waals surface area contributed by atoms with Gasteiger partial charge in [0.05, 0.1) is 0 Å². The Morgan fingerprint density at radius 3 is 2.58 bits per heavy atom. The summed E-state index contributed by atoms with van der Waals surface area (Å²) >= 11 is 0. The van der Waals surface area contributed by atoms with Crippen molar-refractivity contribution in [2.45, 2.75) is 39.2 Å². The quantitative estimate of drug-likeness (QED) is 0.623. The molecule has 0 unspecified atom stereocenters. The molecule has 0 aromatic heterocycles. The van der Waals surface area contributed by atoms with Crippen LogP contribution in [0, 0.1) is 11.8 Å². The SMILES string of the molecule is C=C(C)[C@H]1CC[C@@H](C)[C@@H](NC)C1. The monoisotopic (exact) mass is 167 g/mol. The second-order valence-electron chi connectivity index (χ2n) is 4.23. The standard InChI is InChI=1S/C11H21N/c1-8(2)10-6-5-9(3)11(7-10)12-4/h9-12H,1,5-7H2,2-4H3/t9-,10+,11+/m1/s1. The topological polar surface area (TPSA) is 12.0 Å². The minimum atomic E-state index is 0.709. The molecule has 70 valence electrons. The maximum Gasteiger partial charge on any atom is 0.00953 e. The van der Waals surface area contributed by atoms with Crippen LogP contribution in [-0.4, -0.2) is 13.1 Å². The summed E-state index contributed by atoms with van der Waals surface area (Å²) in [6, 6.07) is 0.709. The van der Waals surface area contributed by atoms with Gasteiger partial charge in [0.1, 0.15) is 0 Å². The van der Waals surface area contributed by atoms with Crippen LogP contribution in [0.2, 0.25) is 0 Å². The molecular formula is C11H21N. The van der Waals surface area contributed by atoms with E-state index in [1.165, 1.54) is 24.8 Å². The summed E-state index contributed by atoms with van der Waals surface area (Å²) in [4.78, 5) is 0. The van der Waals surface area contributed by atoms with Crippen molar-refractivity contribution in [1.29, 1.82) is 0 Å². The predicted molar refractivity (Wildman–Crippen MR) is 54.2 cm³/mol. The average molecular weight is 167 g/mol. The summed E-state index contributed by atoms with van der Waals surface area (Å²) in [5, 5.41) is 3.40. The van der Waals surface area contributed by atoms with Gasteiger partial charge in [-0.3, -0.25) is 0 Å². The van der Waals surface area contributed by atoms with E-state index in [2.05, 4.69) is 32.8 Å². The van der Waals surface area contributed by atoms with Gasteiger partial charge in [0.25, 0.3) is 0 Å². The second-order valence-corrected chi connectivity index (χ2v) is 4.23. The second kappa shape index (κ2) is 4.08. The largest absolute Gasteiger partial charge is 0.317 e. The molecule has 0 aromatic carbocycles. The first-order chi connectivity index (χ1) is 5.65. The van der Waals surface area contributed by atoms with Crippen molar-refractivity contribution in [3.8, 4) is 0 Å². The Bertz CT molecular complexity index is 162. The third kappa shape index (κ3) is 2.10. The highest BCUT2D eigenvalue weighted by molar-refractivity contribution is 5.00. The normalized spacial score (nSPS) is 36.4. The molecule has 12 heavy (non-hydrogen) atoms. The first-order valence-electron chi connectivity index (χ1n) is 4.97. The fourth-order valence-electron chi connectivity index (χ4n) is 2.17. The van der Waals surface area contributed by atoms with E-state index >= 15 is 0 Å². The Morgan fingerprint density at radius 2 is 2.08 bits per heavy atom. The fourth-order valence-corrected chi connectivity index (χ4v) is 2.17. The van der Waals surface area contributed by atoms with Crippen LogP contribution in [0.3, 0.4) is 0 Å². The molecule has 0 aliphatic heterocycles. The van der Waals surface area contributed by atoms with Gasteiger partial charge in [-0.15, -0.1) is 0 Å². The van der Waals surface area contributed by atoms with Crippen LogP contribution >= 0.6 is 0 Å². The number of nitrogens with one attached hydrogen (secondary N) is 1. The maximum absolute atomic E-state index is 4.04. The van der Waals surface area contributed by atoms with Gasteiger partial charge < -0.3 is 5.32 Å². The van der Waals surface area contributed by atoms with Crippen molar-refractivity contribution in [2.24, 2.45) is 11.8 Å². The van der Waals surface area contributed by atoms with Gasteiger partial charge in [0.15, 0.2) is 0 Å². The third-order valence-corrected chi connectivity index (χ3v) is 3.26. The van der Waals surface area contributed by atoms with E-state index in [0.29, 0.717) is 6.04 Å². The van der Waals surface area contributed by atoms with Crippen LogP contribution in [0.4, 0.5) is 0 Å². The molecule has 0 spiro atoms. The summed E-state index contributed by atoms with van der Waals surface area (Å²) in [5.74, 6) is 1.60. The molecule has 1 N–H and O–H groups in total. The Morgan fingerprint density at radius 1 is 1.42 bits per heavy atom. The van der Waals surface area contributed by atoms with Crippen molar-refractivity contribution in [3.63, 3.8) is 0 Å². The maximum atomic E-state index is 4.04. The summed E-state index contributed by atoms with van der Waals surface area (Å²) in [6.07, 6.45) is 3.98. The van der Waals surface area contributed by atoms with E-state index < -0.39 is 0 Å². The highest BCUT2D eigenvalue weighted by Crippen LogP contribution is 2.32. The lowest BCUT2D eigenvalue weighted by Crippen LogP contribution is -2.37. The van der Waals surface area contributed by atoms with E-state index in [1.807, 2.05) is 0 Å². The van der Waals surface area contributed by atoms with Gasteiger partial charge in [-0.2, -0.15) is 0 Å². The number of rotatable bonds is 2. The van der Waals surface area contributed by atoms with Crippen molar-refractivity contribution in [3.05, 3.63) is 12.2 Å². The Kier molecular flexibility index (Phi) is 3.33. The van der Waals surface area contributed by atoms with Gasteiger partial charge in [0.2, 0.25) is 0 Å². The van der Waals surface area contributed by atoms with Crippen LogP contribution in [0.5, 0.6) is 0 Å². The summed E-state index contributed by atoms with van der Waals surface area (Å²) in [6.45, 7) is 8.55. The predicted octanol–water partition coefficient (Wildman–Crippen LogP) is 2.59. The summed E-state index contributed by atoms with van der Waals surface area (Å²) in [5.41, 5.74) is 1.36. The van der Waals surface area contributed by atoms with Crippen molar-refractivity contribution in [2.75, 3.05) is 7.05 Å².